The van der Waals surface area contributed by atoms with E-state index in [4.69, 9.17) is 23.2 Å². The van der Waals surface area contributed by atoms with E-state index in [1.807, 2.05) is 35.0 Å². The Labute approximate surface area is 163 Å². The van der Waals surface area contributed by atoms with Crippen LogP contribution in [0.5, 0.6) is 0 Å². The van der Waals surface area contributed by atoms with Crippen molar-refractivity contribution in [1.82, 2.24) is 24.1 Å². The van der Waals surface area contributed by atoms with Gasteiger partial charge in [-0.05, 0) is 42.3 Å². The molecule has 0 atom stereocenters. The van der Waals surface area contributed by atoms with Crippen LogP contribution in [0.25, 0.3) is 16.0 Å². The first-order valence-corrected chi connectivity index (χ1v) is 9.51. The van der Waals surface area contributed by atoms with E-state index in [2.05, 4.69) is 15.1 Å². The third-order valence-corrected chi connectivity index (χ3v) is 5.51. The Balaban J connectivity index is 1.70. The number of halogens is 2. The fraction of sp³-hybridized carbons (Fsp3) is 0.235. The Bertz CT molecular complexity index is 1160. The third-order valence-electron chi connectivity index (χ3n) is 4.18. The summed E-state index contributed by atoms with van der Waals surface area (Å²) in [7, 11) is 3.70. The monoisotopic (exact) mass is 407 g/mol. The average Bonchev–Trinajstić information content (AvgIpc) is 3.18. The van der Waals surface area contributed by atoms with Crippen LogP contribution in [-0.2, 0) is 20.1 Å². The molecule has 134 valence electrons. The molecule has 4 aromatic rings. The van der Waals surface area contributed by atoms with Crippen molar-refractivity contribution < 1.29 is 0 Å². The molecule has 0 unspecified atom stereocenters. The summed E-state index contributed by atoms with van der Waals surface area (Å²) in [6, 6.07) is 7.43. The van der Waals surface area contributed by atoms with Crippen LogP contribution >= 0.6 is 34.5 Å². The van der Waals surface area contributed by atoms with Crippen LogP contribution < -0.4 is 5.56 Å². The van der Waals surface area contributed by atoms with Crippen molar-refractivity contribution in [3.8, 4) is 0 Å². The average molecular weight is 408 g/mol. The van der Waals surface area contributed by atoms with E-state index in [1.54, 1.807) is 13.1 Å². The van der Waals surface area contributed by atoms with E-state index in [9.17, 15) is 4.79 Å². The smallest absolute Gasteiger partial charge is 0.272 e. The van der Waals surface area contributed by atoms with Gasteiger partial charge in [0.1, 0.15) is 4.70 Å². The lowest BCUT2D eigenvalue weighted by Crippen LogP contribution is -2.21. The van der Waals surface area contributed by atoms with Gasteiger partial charge in [0, 0.05) is 23.6 Å². The number of hydrogen-bond donors (Lipinski definition) is 0. The summed E-state index contributed by atoms with van der Waals surface area (Å²) in [4.78, 5) is 14.5. The molecule has 3 aromatic heterocycles. The Morgan fingerprint density at radius 1 is 1.15 bits per heavy atom. The van der Waals surface area contributed by atoms with Crippen LogP contribution in [0.4, 0.5) is 0 Å². The third kappa shape index (κ3) is 3.01. The highest BCUT2D eigenvalue weighted by Crippen LogP contribution is 2.22. The topological polar surface area (TPSA) is 55.4 Å². The van der Waals surface area contributed by atoms with Crippen molar-refractivity contribution >= 4 is 50.5 Å². The number of nitrogens with zero attached hydrogens (tertiary/aromatic N) is 5. The minimum absolute atomic E-state index is 0.0524. The molecule has 0 spiro atoms. The summed E-state index contributed by atoms with van der Waals surface area (Å²) in [5, 5.41) is 11.7. The van der Waals surface area contributed by atoms with Crippen LogP contribution in [0, 0.1) is 0 Å². The van der Waals surface area contributed by atoms with Gasteiger partial charge in [0.15, 0.2) is 5.82 Å². The van der Waals surface area contributed by atoms with E-state index < -0.39 is 0 Å². The zero-order chi connectivity index (χ0) is 18.4. The molecule has 0 bridgehead atoms. The first kappa shape index (κ1) is 17.5. The highest BCUT2D eigenvalue weighted by Gasteiger charge is 2.16. The van der Waals surface area contributed by atoms with Gasteiger partial charge in [-0.3, -0.25) is 18.7 Å². The number of hydrogen-bond acceptors (Lipinski definition) is 5. The zero-order valence-corrected chi connectivity index (χ0v) is 16.4. The Morgan fingerprint density at radius 2 is 1.88 bits per heavy atom. The maximum Gasteiger partial charge on any atom is 0.272 e. The largest absolute Gasteiger partial charge is 0.295 e. The van der Waals surface area contributed by atoms with Gasteiger partial charge in [0.05, 0.1) is 12.1 Å². The molecule has 0 amide bonds. The van der Waals surface area contributed by atoms with Gasteiger partial charge >= 0.3 is 0 Å². The maximum atomic E-state index is 12.4. The lowest BCUT2D eigenvalue weighted by atomic mass is 10.2. The van der Waals surface area contributed by atoms with E-state index >= 15 is 0 Å². The summed E-state index contributed by atoms with van der Waals surface area (Å²) in [6.45, 7) is 1.22. The molecule has 4 rings (SSSR count). The number of fused-ring (bicyclic) bond motifs is 3. The van der Waals surface area contributed by atoms with E-state index in [0.717, 1.165) is 16.9 Å². The zero-order valence-electron chi connectivity index (χ0n) is 14.1. The molecule has 9 heteroatoms. The molecule has 1 aromatic carbocycles. The summed E-state index contributed by atoms with van der Waals surface area (Å²) in [5.74, 6) is 1.31. The molecule has 6 nitrogen and oxygen atoms in total. The summed E-state index contributed by atoms with van der Waals surface area (Å²) >= 11 is 13.6. The number of thiophene rings is 1. The number of rotatable bonds is 4. The maximum absolute atomic E-state index is 12.4. The fourth-order valence-electron chi connectivity index (χ4n) is 3.07. The van der Waals surface area contributed by atoms with Crippen molar-refractivity contribution in [3.63, 3.8) is 0 Å². The molecular formula is C17H15Cl2N5OS. The fourth-order valence-corrected chi connectivity index (χ4v) is 4.49. The normalized spacial score (nSPS) is 11.9. The van der Waals surface area contributed by atoms with Crippen LogP contribution in [-0.4, -0.2) is 31.1 Å². The van der Waals surface area contributed by atoms with Gasteiger partial charge in [0.25, 0.3) is 5.56 Å². The highest BCUT2D eigenvalue weighted by molar-refractivity contribution is 7.17. The number of benzene rings is 1. The predicted octanol–water partition coefficient (Wildman–Crippen LogP) is 3.58. The van der Waals surface area contributed by atoms with Crippen LogP contribution in [0.1, 0.15) is 11.4 Å². The van der Waals surface area contributed by atoms with Crippen LogP contribution in [0.2, 0.25) is 10.0 Å². The van der Waals surface area contributed by atoms with Gasteiger partial charge in [-0.2, -0.15) is 0 Å². The lowest BCUT2D eigenvalue weighted by molar-refractivity contribution is 0.310. The molecule has 0 saturated carbocycles. The summed E-state index contributed by atoms with van der Waals surface area (Å²) in [6.07, 6.45) is 0. The minimum atomic E-state index is -0.0524. The van der Waals surface area contributed by atoms with E-state index in [1.165, 1.54) is 15.9 Å². The first-order chi connectivity index (χ1) is 12.4. The van der Waals surface area contributed by atoms with Gasteiger partial charge in [-0.25, -0.2) is 0 Å². The van der Waals surface area contributed by atoms with Crippen molar-refractivity contribution in [2.45, 2.75) is 13.1 Å². The Hall–Kier alpha value is -1.93. The Morgan fingerprint density at radius 3 is 2.62 bits per heavy atom. The van der Waals surface area contributed by atoms with Gasteiger partial charge in [0.2, 0.25) is 5.78 Å². The molecule has 0 aliphatic heterocycles. The van der Waals surface area contributed by atoms with Crippen molar-refractivity contribution in [1.29, 1.82) is 0 Å². The first-order valence-electron chi connectivity index (χ1n) is 7.88. The SMILES string of the molecule is CN(Cc1cc(Cl)cc(Cl)c1)Cc1nnc2n(C)c(=O)c3sccc3n12. The molecule has 0 aliphatic carbocycles. The van der Waals surface area contributed by atoms with Crippen molar-refractivity contribution in [2.75, 3.05) is 7.05 Å². The second-order valence-electron chi connectivity index (χ2n) is 6.20. The molecule has 3 heterocycles. The van der Waals surface area contributed by atoms with Gasteiger partial charge in [-0.1, -0.05) is 23.2 Å². The Kier molecular flexibility index (Phi) is 4.48. The second kappa shape index (κ2) is 6.66. The summed E-state index contributed by atoms with van der Waals surface area (Å²) in [5.41, 5.74) is 1.81. The second-order valence-corrected chi connectivity index (χ2v) is 7.99. The molecule has 0 radical (unpaired) electrons. The minimum Gasteiger partial charge on any atom is -0.295 e. The van der Waals surface area contributed by atoms with Crippen LogP contribution in [0.15, 0.2) is 34.4 Å². The molecule has 26 heavy (non-hydrogen) atoms. The molecule has 0 saturated heterocycles. The lowest BCUT2D eigenvalue weighted by Gasteiger charge is -2.16. The van der Waals surface area contributed by atoms with E-state index in [-0.39, 0.29) is 5.56 Å². The molecule has 0 aliphatic rings. The van der Waals surface area contributed by atoms with Crippen molar-refractivity contribution in [2.24, 2.45) is 7.05 Å². The van der Waals surface area contributed by atoms with Gasteiger partial charge in [-0.15, -0.1) is 21.5 Å². The molecule has 0 fully saturated rings. The number of aryl methyl sites for hydroxylation is 1. The number of aromatic nitrogens is 4. The molecular weight excluding hydrogens is 393 g/mol. The predicted molar refractivity (Wildman–Crippen MR) is 105 cm³/mol. The van der Waals surface area contributed by atoms with Gasteiger partial charge < -0.3 is 0 Å². The van der Waals surface area contributed by atoms with Crippen molar-refractivity contribution in [3.05, 3.63) is 61.4 Å². The standard InChI is InChI=1S/C17H15Cl2N5OS/c1-22(8-10-5-11(18)7-12(19)6-10)9-14-20-21-17-23(2)16(25)15-13(24(14)17)3-4-26-15/h3-7H,8-9H2,1-2H3. The molecule has 0 N–H and O–H groups in total. The summed E-state index contributed by atoms with van der Waals surface area (Å²) < 4.78 is 4.17. The van der Waals surface area contributed by atoms with Crippen LogP contribution in [0.3, 0.4) is 0 Å². The quantitative estimate of drug-likeness (QED) is 0.518. The highest BCUT2D eigenvalue weighted by atomic mass is 35.5. The van der Waals surface area contributed by atoms with E-state index in [0.29, 0.717) is 33.6 Å².